The zero-order chi connectivity index (χ0) is 12.6. The van der Waals surface area contributed by atoms with E-state index < -0.39 is 5.79 Å². The highest BCUT2D eigenvalue weighted by Gasteiger charge is 2.38. The van der Waals surface area contributed by atoms with Crippen LogP contribution < -0.4 is 5.73 Å². The van der Waals surface area contributed by atoms with Gasteiger partial charge in [-0.2, -0.15) is 0 Å². The first kappa shape index (κ1) is 12.2. The molecule has 1 heterocycles. The van der Waals surface area contributed by atoms with Crippen LogP contribution in [0.25, 0.3) is 0 Å². The van der Waals surface area contributed by atoms with Crippen LogP contribution in [0.3, 0.4) is 0 Å². The van der Waals surface area contributed by atoms with Crippen LogP contribution in [0.1, 0.15) is 36.5 Å². The van der Waals surface area contributed by atoms with Crippen LogP contribution in [0.5, 0.6) is 0 Å². The monoisotopic (exact) mass is 247 g/mol. The molecule has 18 heavy (non-hydrogen) atoms. The molecule has 0 spiro atoms. The summed E-state index contributed by atoms with van der Waals surface area (Å²) in [7, 11) is 0. The average molecular weight is 247 g/mol. The lowest BCUT2D eigenvalue weighted by Crippen LogP contribution is -2.27. The lowest BCUT2D eigenvalue weighted by Gasteiger charge is -2.26. The number of hydrogen-bond donors (Lipinski definition) is 1. The molecule has 1 aliphatic carbocycles. The van der Waals surface area contributed by atoms with Crippen molar-refractivity contribution in [1.82, 2.24) is 0 Å². The van der Waals surface area contributed by atoms with Crippen LogP contribution in [-0.4, -0.2) is 19.3 Å². The van der Waals surface area contributed by atoms with E-state index in [-0.39, 0.29) is 6.10 Å². The van der Waals surface area contributed by atoms with Gasteiger partial charge in [-0.15, -0.1) is 0 Å². The molecule has 2 atom stereocenters. The molecular formula is C15H21NO2. The number of fused-ring (bicyclic) bond motifs is 1. The van der Waals surface area contributed by atoms with Gasteiger partial charge in [0.2, 0.25) is 0 Å². The first-order valence-corrected chi connectivity index (χ1v) is 6.85. The lowest BCUT2D eigenvalue weighted by atomic mass is 9.89. The molecule has 3 heteroatoms. The Morgan fingerprint density at radius 2 is 2.06 bits per heavy atom. The van der Waals surface area contributed by atoms with E-state index in [0.29, 0.717) is 13.2 Å². The number of aryl methyl sites for hydroxylation is 2. The fourth-order valence-electron chi connectivity index (χ4n) is 2.92. The Balaban J connectivity index is 1.88. The predicted molar refractivity (Wildman–Crippen MR) is 70.3 cm³/mol. The standard InChI is InChI=1S/C15H21NO2/c1-15(17-10-14(9-16)18-15)13-7-6-11-4-2-3-5-12(11)8-13/h6-8,14H,2-5,9-10,16H2,1H3. The lowest BCUT2D eigenvalue weighted by molar-refractivity contribution is -0.160. The molecule has 3 rings (SSSR count). The molecule has 0 amide bonds. The van der Waals surface area contributed by atoms with E-state index in [1.165, 1.54) is 36.8 Å². The van der Waals surface area contributed by atoms with Gasteiger partial charge in [-0.3, -0.25) is 0 Å². The predicted octanol–water partition coefficient (Wildman–Crippen LogP) is 2.11. The molecule has 0 saturated carbocycles. The Morgan fingerprint density at radius 1 is 1.28 bits per heavy atom. The van der Waals surface area contributed by atoms with Crippen LogP contribution >= 0.6 is 0 Å². The molecule has 2 aliphatic rings. The van der Waals surface area contributed by atoms with Crippen LogP contribution in [0.2, 0.25) is 0 Å². The molecule has 1 aliphatic heterocycles. The van der Waals surface area contributed by atoms with Crippen molar-refractivity contribution in [3.8, 4) is 0 Å². The van der Waals surface area contributed by atoms with Gasteiger partial charge in [0, 0.05) is 12.1 Å². The van der Waals surface area contributed by atoms with Gasteiger partial charge in [0.05, 0.1) is 12.7 Å². The van der Waals surface area contributed by atoms with Crippen molar-refractivity contribution >= 4 is 0 Å². The summed E-state index contributed by atoms with van der Waals surface area (Å²) < 4.78 is 11.7. The third kappa shape index (κ3) is 2.07. The Morgan fingerprint density at radius 3 is 2.78 bits per heavy atom. The Hall–Kier alpha value is -0.900. The SMILES string of the molecule is CC1(c2ccc3c(c2)CCCC3)OCC(CN)O1. The molecule has 1 aromatic carbocycles. The molecule has 98 valence electrons. The summed E-state index contributed by atoms with van der Waals surface area (Å²) in [4.78, 5) is 0. The molecular weight excluding hydrogens is 226 g/mol. The molecule has 2 N–H and O–H groups in total. The third-order valence-corrected chi connectivity index (χ3v) is 4.07. The summed E-state index contributed by atoms with van der Waals surface area (Å²) in [6, 6.07) is 6.63. The van der Waals surface area contributed by atoms with Crippen molar-refractivity contribution in [2.45, 2.75) is 44.5 Å². The van der Waals surface area contributed by atoms with E-state index in [9.17, 15) is 0 Å². The first-order chi connectivity index (χ1) is 8.71. The molecule has 1 saturated heterocycles. The maximum absolute atomic E-state index is 5.93. The maximum atomic E-state index is 5.93. The number of nitrogens with two attached hydrogens (primary N) is 1. The molecule has 0 radical (unpaired) electrons. The van der Waals surface area contributed by atoms with E-state index in [2.05, 4.69) is 18.2 Å². The number of ether oxygens (including phenoxy) is 2. The van der Waals surface area contributed by atoms with E-state index >= 15 is 0 Å². The van der Waals surface area contributed by atoms with Gasteiger partial charge in [-0.1, -0.05) is 18.2 Å². The average Bonchev–Trinajstić information content (AvgIpc) is 2.81. The largest absolute Gasteiger partial charge is 0.343 e. The highest BCUT2D eigenvalue weighted by molar-refractivity contribution is 5.35. The summed E-state index contributed by atoms with van der Waals surface area (Å²) in [6.07, 6.45) is 5.01. The number of benzene rings is 1. The highest BCUT2D eigenvalue weighted by atomic mass is 16.7. The smallest absolute Gasteiger partial charge is 0.192 e. The molecule has 2 unspecified atom stereocenters. The summed E-state index contributed by atoms with van der Waals surface area (Å²) in [5, 5.41) is 0. The fourth-order valence-corrected chi connectivity index (χ4v) is 2.92. The highest BCUT2D eigenvalue weighted by Crippen LogP contribution is 2.35. The summed E-state index contributed by atoms with van der Waals surface area (Å²) in [5.74, 6) is -0.615. The second kappa shape index (κ2) is 4.65. The van der Waals surface area contributed by atoms with Crippen molar-refractivity contribution < 1.29 is 9.47 Å². The Kier molecular flexibility index (Phi) is 3.14. The van der Waals surface area contributed by atoms with Crippen LogP contribution in [0, 0.1) is 0 Å². The zero-order valence-corrected chi connectivity index (χ0v) is 10.9. The van der Waals surface area contributed by atoms with Gasteiger partial charge in [0.15, 0.2) is 5.79 Å². The van der Waals surface area contributed by atoms with Crippen molar-refractivity contribution in [2.24, 2.45) is 5.73 Å². The van der Waals surface area contributed by atoms with Crippen LogP contribution in [0.4, 0.5) is 0 Å². The zero-order valence-electron chi connectivity index (χ0n) is 10.9. The van der Waals surface area contributed by atoms with E-state index in [1.54, 1.807) is 0 Å². The summed E-state index contributed by atoms with van der Waals surface area (Å²) >= 11 is 0. The summed E-state index contributed by atoms with van der Waals surface area (Å²) in [6.45, 7) is 3.10. The van der Waals surface area contributed by atoms with Crippen molar-refractivity contribution in [3.05, 3.63) is 34.9 Å². The van der Waals surface area contributed by atoms with Gasteiger partial charge < -0.3 is 15.2 Å². The van der Waals surface area contributed by atoms with Crippen molar-refractivity contribution in [3.63, 3.8) is 0 Å². The second-order valence-electron chi connectivity index (χ2n) is 5.42. The minimum absolute atomic E-state index is 0.0195. The summed E-state index contributed by atoms with van der Waals surface area (Å²) in [5.41, 5.74) is 9.71. The number of hydrogen-bond acceptors (Lipinski definition) is 3. The molecule has 1 aromatic rings. The first-order valence-electron chi connectivity index (χ1n) is 6.85. The van der Waals surface area contributed by atoms with Crippen molar-refractivity contribution in [2.75, 3.05) is 13.2 Å². The van der Waals surface area contributed by atoms with Gasteiger partial charge in [-0.05, 0) is 43.7 Å². The second-order valence-corrected chi connectivity index (χ2v) is 5.42. The number of rotatable bonds is 2. The third-order valence-electron chi connectivity index (χ3n) is 4.07. The minimum atomic E-state index is -0.615. The quantitative estimate of drug-likeness (QED) is 0.870. The minimum Gasteiger partial charge on any atom is -0.343 e. The Labute approximate surface area is 108 Å². The van der Waals surface area contributed by atoms with E-state index in [1.807, 2.05) is 6.92 Å². The van der Waals surface area contributed by atoms with Gasteiger partial charge in [0.1, 0.15) is 0 Å². The topological polar surface area (TPSA) is 44.5 Å². The molecule has 3 nitrogen and oxygen atoms in total. The maximum Gasteiger partial charge on any atom is 0.192 e. The van der Waals surface area contributed by atoms with Gasteiger partial charge in [-0.25, -0.2) is 0 Å². The molecule has 1 fully saturated rings. The Bertz CT molecular complexity index is 446. The van der Waals surface area contributed by atoms with E-state index in [0.717, 1.165) is 5.56 Å². The fraction of sp³-hybridized carbons (Fsp3) is 0.600. The van der Waals surface area contributed by atoms with Crippen molar-refractivity contribution in [1.29, 1.82) is 0 Å². The van der Waals surface area contributed by atoms with Crippen LogP contribution in [-0.2, 0) is 28.1 Å². The van der Waals surface area contributed by atoms with Crippen LogP contribution in [0.15, 0.2) is 18.2 Å². The van der Waals surface area contributed by atoms with Gasteiger partial charge in [0.25, 0.3) is 0 Å². The van der Waals surface area contributed by atoms with Gasteiger partial charge >= 0.3 is 0 Å². The normalized spacial score (nSPS) is 31.3. The molecule has 0 aromatic heterocycles. The van der Waals surface area contributed by atoms with E-state index in [4.69, 9.17) is 15.2 Å². The molecule has 0 bridgehead atoms.